The van der Waals surface area contributed by atoms with Crippen molar-refractivity contribution in [2.75, 3.05) is 6.54 Å². The zero-order chi connectivity index (χ0) is 8.60. The molecule has 1 aliphatic rings. The smallest absolute Gasteiger partial charge is 0.0474 e. The Balaban J connectivity index is 2.40. The fourth-order valence-corrected chi connectivity index (χ4v) is 1.81. The molecule has 0 unspecified atom stereocenters. The van der Waals surface area contributed by atoms with Gasteiger partial charge in [0.2, 0.25) is 0 Å². The third-order valence-corrected chi connectivity index (χ3v) is 2.91. The molecule has 0 aromatic carbocycles. The van der Waals surface area contributed by atoms with Gasteiger partial charge in [-0.15, -0.1) is 0 Å². The van der Waals surface area contributed by atoms with Gasteiger partial charge in [0.1, 0.15) is 0 Å². The van der Waals surface area contributed by atoms with E-state index in [9.17, 15) is 0 Å². The van der Waals surface area contributed by atoms with Crippen molar-refractivity contribution in [1.82, 2.24) is 4.98 Å². The Labute approximate surface area is 76.7 Å². The molecule has 0 amide bonds. The van der Waals surface area contributed by atoms with Gasteiger partial charge in [0, 0.05) is 29.4 Å². The van der Waals surface area contributed by atoms with Crippen LogP contribution in [0.25, 0.3) is 0 Å². The lowest BCUT2D eigenvalue weighted by Gasteiger charge is -2.13. The SMILES string of the molecule is NCC1(c2cnccc2Cl)CC1. The zero-order valence-electron chi connectivity index (χ0n) is 6.76. The highest BCUT2D eigenvalue weighted by Crippen LogP contribution is 2.49. The van der Waals surface area contributed by atoms with Gasteiger partial charge in [0.25, 0.3) is 0 Å². The summed E-state index contributed by atoms with van der Waals surface area (Å²) in [5.41, 5.74) is 6.96. The molecular weight excluding hydrogens is 172 g/mol. The van der Waals surface area contributed by atoms with Crippen LogP contribution >= 0.6 is 11.6 Å². The summed E-state index contributed by atoms with van der Waals surface area (Å²) in [4.78, 5) is 4.06. The van der Waals surface area contributed by atoms with Gasteiger partial charge in [-0.1, -0.05) is 11.6 Å². The van der Waals surface area contributed by atoms with Crippen molar-refractivity contribution >= 4 is 11.6 Å². The highest BCUT2D eigenvalue weighted by Gasteiger charge is 2.44. The van der Waals surface area contributed by atoms with E-state index in [0.717, 1.165) is 23.4 Å². The molecule has 0 aliphatic heterocycles. The lowest BCUT2D eigenvalue weighted by molar-refractivity contribution is 0.701. The molecule has 2 nitrogen and oxygen atoms in total. The van der Waals surface area contributed by atoms with Crippen LogP contribution < -0.4 is 5.73 Å². The molecule has 64 valence electrons. The highest BCUT2D eigenvalue weighted by atomic mass is 35.5. The Morgan fingerprint density at radius 2 is 2.33 bits per heavy atom. The molecule has 1 heterocycles. The maximum Gasteiger partial charge on any atom is 0.0474 e. The molecule has 1 saturated carbocycles. The molecule has 2 rings (SSSR count). The molecule has 2 N–H and O–H groups in total. The van der Waals surface area contributed by atoms with Crippen molar-refractivity contribution in [3.8, 4) is 0 Å². The van der Waals surface area contributed by atoms with Crippen LogP contribution in [-0.4, -0.2) is 11.5 Å². The third-order valence-electron chi connectivity index (χ3n) is 2.58. The van der Waals surface area contributed by atoms with E-state index in [1.54, 1.807) is 6.20 Å². The molecule has 0 spiro atoms. The molecule has 0 bridgehead atoms. The van der Waals surface area contributed by atoms with Gasteiger partial charge in [0.15, 0.2) is 0 Å². The first-order chi connectivity index (χ1) is 5.78. The number of hydrogen-bond acceptors (Lipinski definition) is 2. The normalized spacial score (nSPS) is 19.2. The van der Waals surface area contributed by atoms with Gasteiger partial charge in [-0.3, -0.25) is 4.98 Å². The Bertz CT molecular complexity index is 294. The van der Waals surface area contributed by atoms with Crippen molar-refractivity contribution in [3.05, 3.63) is 29.0 Å². The summed E-state index contributed by atoms with van der Waals surface area (Å²) in [5, 5.41) is 0.799. The lowest BCUT2D eigenvalue weighted by Crippen LogP contribution is -2.20. The maximum atomic E-state index is 6.03. The summed E-state index contributed by atoms with van der Waals surface area (Å²) in [6.45, 7) is 0.679. The highest BCUT2D eigenvalue weighted by molar-refractivity contribution is 6.31. The Morgan fingerprint density at radius 3 is 2.83 bits per heavy atom. The van der Waals surface area contributed by atoms with Gasteiger partial charge in [-0.05, 0) is 24.5 Å². The fourth-order valence-electron chi connectivity index (χ4n) is 1.50. The number of aromatic nitrogens is 1. The summed E-state index contributed by atoms with van der Waals surface area (Å²) >= 11 is 6.03. The van der Waals surface area contributed by atoms with E-state index in [1.165, 1.54) is 0 Å². The first kappa shape index (κ1) is 8.02. The van der Waals surface area contributed by atoms with E-state index < -0.39 is 0 Å². The molecule has 1 fully saturated rings. The summed E-state index contributed by atoms with van der Waals surface area (Å²) < 4.78 is 0. The zero-order valence-corrected chi connectivity index (χ0v) is 7.51. The number of nitrogens with zero attached hydrogens (tertiary/aromatic N) is 1. The van der Waals surface area contributed by atoms with Crippen LogP contribution in [0.4, 0.5) is 0 Å². The quantitative estimate of drug-likeness (QED) is 0.757. The second kappa shape index (κ2) is 2.71. The lowest BCUT2D eigenvalue weighted by atomic mass is 9.98. The van der Waals surface area contributed by atoms with Crippen LogP contribution in [-0.2, 0) is 5.41 Å². The minimum absolute atomic E-state index is 0.158. The van der Waals surface area contributed by atoms with Gasteiger partial charge < -0.3 is 5.73 Å². The summed E-state index contributed by atoms with van der Waals surface area (Å²) in [7, 11) is 0. The summed E-state index contributed by atoms with van der Waals surface area (Å²) in [6.07, 6.45) is 5.84. The van der Waals surface area contributed by atoms with Crippen molar-refractivity contribution in [3.63, 3.8) is 0 Å². The standard InChI is InChI=1S/C9H11ClN2/c10-8-1-4-12-5-7(8)9(6-11)2-3-9/h1,4-5H,2-3,6,11H2. The number of pyridine rings is 1. The predicted octanol–water partition coefficient (Wildman–Crippen LogP) is 1.73. The number of hydrogen-bond donors (Lipinski definition) is 1. The molecule has 1 aromatic heterocycles. The maximum absolute atomic E-state index is 6.03. The van der Waals surface area contributed by atoms with E-state index in [1.807, 2.05) is 12.3 Å². The number of rotatable bonds is 2. The Morgan fingerprint density at radius 1 is 1.58 bits per heavy atom. The summed E-state index contributed by atoms with van der Waals surface area (Å²) in [6, 6.07) is 1.83. The Kier molecular flexibility index (Phi) is 1.81. The molecule has 0 atom stereocenters. The van der Waals surface area contributed by atoms with Crippen molar-refractivity contribution in [1.29, 1.82) is 0 Å². The minimum Gasteiger partial charge on any atom is -0.330 e. The van der Waals surface area contributed by atoms with Gasteiger partial charge >= 0.3 is 0 Å². The summed E-state index contributed by atoms with van der Waals surface area (Å²) in [5.74, 6) is 0. The van der Waals surface area contributed by atoms with Crippen molar-refractivity contribution in [2.45, 2.75) is 18.3 Å². The second-order valence-electron chi connectivity index (χ2n) is 3.34. The average molecular weight is 183 g/mol. The first-order valence-corrected chi connectivity index (χ1v) is 4.46. The predicted molar refractivity (Wildman–Crippen MR) is 49.2 cm³/mol. The molecular formula is C9H11ClN2. The molecule has 3 heteroatoms. The van der Waals surface area contributed by atoms with Crippen LogP contribution in [0.2, 0.25) is 5.02 Å². The van der Waals surface area contributed by atoms with Crippen LogP contribution in [0.1, 0.15) is 18.4 Å². The van der Waals surface area contributed by atoms with E-state index >= 15 is 0 Å². The van der Waals surface area contributed by atoms with Crippen molar-refractivity contribution in [2.24, 2.45) is 5.73 Å². The van der Waals surface area contributed by atoms with Crippen LogP contribution in [0, 0.1) is 0 Å². The van der Waals surface area contributed by atoms with E-state index in [-0.39, 0.29) is 5.41 Å². The first-order valence-electron chi connectivity index (χ1n) is 4.08. The van der Waals surface area contributed by atoms with Crippen LogP contribution in [0.15, 0.2) is 18.5 Å². The molecule has 1 aromatic rings. The number of nitrogens with two attached hydrogens (primary N) is 1. The minimum atomic E-state index is 0.158. The van der Waals surface area contributed by atoms with E-state index in [2.05, 4.69) is 4.98 Å². The van der Waals surface area contributed by atoms with Crippen LogP contribution in [0.5, 0.6) is 0 Å². The topological polar surface area (TPSA) is 38.9 Å². The largest absolute Gasteiger partial charge is 0.330 e. The van der Waals surface area contributed by atoms with E-state index in [0.29, 0.717) is 6.54 Å². The van der Waals surface area contributed by atoms with Gasteiger partial charge in [-0.2, -0.15) is 0 Å². The average Bonchev–Trinajstić information content (AvgIpc) is 2.86. The second-order valence-corrected chi connectivity index (χ2v) is 3.75. The Hall–Kier alpha value is -0.600. The monoisotopic (exact) mass is 182 g/mol. The third kappa shape index (κ3) is 1.11. The molecule has 1 aliphatic carbocycles. The van der Waals surface area contributed by atoms with Gasteiger partial charge in [-0.25, -0.2) is 0 Å². The van der Waals surface area contributed by atoms with Crippen LogP contribution in [0.3, 0.4) is 0 Å². The molecule has 0 radical (unpaired) electrons. The fraction of sp³-hybridized carbons (Fsp3) is 0.444. The number of halogens is 1. The molecule has 0 saturated heterocycles. The van der Waals surface area contributed by atoms with E-state index in [4.69, 9.17) is 17.3 Å². The van der Waals surface area contributed by atoms with Crippen molar-refractivity contribution < 1.29 is 0 Å². The van der Waals surface area contributed by atoms with Gasteiger partial charge in [0.05, 0.1) is 0 Å². The molecule has 12 heavy (non-hydrogen) atoms.